The highest BCUT2D eigenvalue weighted by molar-refractivity contribution is 9.11. The second kappa shape index (κ2) is 6.99. The molecule has 5 heteroatoms. The summed E-state index contributed by atoms with van der Waals surface area (Å²) in [6.07, 6.45) is 2.30. The Morgan fingerprint density at radius 1 is 1.24 bits per heavy atom. The van der Waals surface area contributed by atoms with Crippen molar-refractivity contribution in [3.8, 4) is 5.75 Å². The number of hydrogen-bond donors (Lipinski definition) is 2. The number of hydrogen-bond acceptors (Lipinski definition) is 3. The zero-order valence-corrected chi connectivity index (χ0v) is 15.9. The normalized spacial score (nSPS) is 22.6. The number of aliphatic hydroxyl groups excluding tert-OH is 1. The Hall–Kier alpha value is -0.100. The average molecular weight is 421 g/mol. The number of nitrogens with one attached hydrogen (secondary N) is 1. The molecular formula is C16H23Br2NO2. The first-order valence-corrected chi connectivity index (χ1v) is 8.92. The highest BCUT2D eigenvalue weighted by Gasteiger charge is 2.28. The van der Waals surface area contributed by atoms with E-state index in [0.29, 0.717) is 0 Å². The second-order valence-corrected chi connectivity index (χ2v) is 8.36. The highest BCUT2D eigenvalue weighted by Crippen LogP contribution is 2.37. The molecule has 1 aliphatic carbocycles. The molecule has 1 aromatic rings. The fraction of sp³-hybridized carbons (Fsp3) is 0.625. The van der Waals surface area contributed by atoms with Gasteiger partial charge in [0.1, 0.15) is 11.9 Å². The number of ether oxygens (including phenoxy) is 1. The van der Waals surface area contributed by atoms with Crippen LogP contribution in [0.15, 0.2) is 21.1 Å². The van der Waals surface area contributed by atoms with E-state index in [4.69, 9.17) is 4.74 Å². The number of rotatable bonds is 4. The van der Waals surface area contributed by atoms with Crippen molar-refractivity contribution in [2.45, 2.75) is 64.3 Å². The molecule has 1 aromatic carbocycles. The predicted octanol–water partition coefficient (Wildman–Crippen LogP) is 4.39. The van der Waals surface area contributed by atoms with Crippen molar-refractivity contribution < 1.29 is 9.84 Å². The monoisotopic (exact) mass is 419 g/mol. The molecule has 0 aromatic heterocycles. The molecule has 0 radical (unpaired) electrons. The van der Waals surface area contributed by atoms with Gasteiger partial charge in [0.25, 0.3) is 0 Å². The topological polar surface area (TPSA) is 41.5 Å². The van der Waals surface area contributed by atoms with Gasteiger partial charge in [-0.1, -0.05) is 0 Å². The fourth-order valence-electron chi connectivity index (χ4n) is 2.39. The van der Waals surface area contributed by atoms with Gasteiger partial charge in [0, 0.05) is 12.1 Å². The number of halogens is 2. The van der Waals surface area contributed by atoms with Gasteiger partial charge in [-0.3, -0.25) is 0 Å². The van der Waals surface area contributed by atoms with Crippen molar-refractivity contribution in [2.75, 3.05) is 0 Å². The highest BCUT2D eigenvalue weighted by atomic mass is 79.9. The van der Waals surface area contributed by atoms with Crippen molar-refractivity contribution in [1.29, 1.82) is 0 Å². The van der Waals surface area contributed by atoms with Crippen LogP contribution in [0.2, 0.25) is 0 Å². The van der Waals surface area contributed by atoms with Crippen molar-refractivity contribution in [1.82, 2.24) is 5.32 Å². The van der Waals surface area contributed by atoms with E-state index >= 15 is 0 Å². The van der Waals surface area contributed by atoms with Crippen LogP contribution >= 0.6 is 31.9 Å². The molecule has 0 bridgehead atoms. The SMILES string of the molecule is CC(C)(C)NCc1cc(Br)c(OC2CCCC2O)c(Br)c1. The Bertz CT molecular complexity index is 477. The summed E-state index contributed by atoms with van der Waals surface area (Å²) in [6, 6.07) is 4.14. The van der Waals surface area contributed by atoms with Gasteiger partial charge < -0.3 is 15.2 Å². The van der Waals surface area contributed by atoms with Crippen LogP contribution in [-0.4, -0.2) is 22.9 Å². The maximum absolute atomic E-state index is 9.89. The van der Waals surface area contributed by atoms with E-state index < -0.39 is 0 Å². The summed E-state index contributed by atoms with van der Waals surface area (Å²) in [5, 5.41) is 13.4. The number of aliphatic hydroxyl groups is 1. The minimum Gasteiger partial charge on any atom is -0.485 e. The summed E-state index contributed by atoms with van der Waals surface area (Å²) in [5.41, 5.74) is 1.27. The van der Waals surface area contributed by atoms with E-state index in [2.05, 4.69) is 70.1 Å². The Kier molecular flexibility index (Phi) is 5.74. The van der Waals surface area contributed by atoms with E-state index in [9.17, 15) is 5.11 Å². The lowest BCUT2D eigenvalue weighted by Crippen LogP contribution is -2.35. The van der Waals surface area contributed by atoms with E-state index in [1.165, 1.54) is 5.56 Å². The summed E-state index contributed by atoms with van der Waals surface area (Å²) in [6.45, 7) is 7.25. The summed E-state index contributed by atoms with van der Waals surface area (Å²) in [7, 11) is 0. The maximum Gasteiger partial charge on any atom is 0.148 e. The van der Waals surface area contributed by atoms with Crippen LogP contribution < -0.4 is 10.1 Å². The van der Waals surface area contributed by atoms with E-state index in [1.807, 2.05) is 0 Å². The van der Waals surface area contributed by atoms with Gasteiger partial charge >= 0.3 is 0 Å². The molecule has 0 amide bonds. The van der Waals surface area contributed by atoms with Gasteiger partial charge in [0.15, 0.2) is 0 Å². The van der Waals surface area contributed by atoms with Crippen LogP contribution in [-0.2, 0) is 6.54 Å². The average Bonchev–Trinajstić information content (AvgIpc) is 2.76. The molecule has 0 saturated heterocycles. The van der Waals surface area contributed by atoms with Gasteiger partial charge in [-0.2, -0.15) is 0 Å². The first kappa shape index (κ1) is 17.3. The quantitative estimate of drug-likeness (QED) is 0.758. The van der Waals surface area contributed by atoms with Crippen LogP contribution in [0.3, 0.4) is 0 Å². The standard InChI is InChI=1S/C16H23Br2NO2/c1-16(2,3)19-9-10-7-11(17)15(12(18)8-10)21-14-6-4-5-13(14)20/h7-8,13-14,19-20H,4-6,9H2,1-3H3. The van der Waals surface area contributed by atoms with Crippen molar-refractivity contribution in [2.24, 2.45) is 0 Å². The Balaban J connectivity index is 2.10. The fourth-order valence-corrected chi connectivity index (χ4v) is 3.86. The summed E-state index contributed by atoms with van der Waals surface area (Å²) >= 11 is 7.16. The van der Waals surface area contributed by atoms with Gasteiger partial charge in [-0.25, -0.2) is 0 Å². The van der Waals surface area contributed by atoms with Crippen molar-refractivity contribution >= 4 is 31.9 Å². The lowest BCUT2D eigenvalue weighted by Gasteiger charge is -2.22. The molecule has 0 spiro atoms. The zero-order chi connectivity index (χ0) is 15.6. The third-order valence-electron chi connectivity index (χ3n) is 3.57. The molecular weight excluding hydrogens is 398 g/mol. The lowest BCUT2D eigenvalue weighted by atomic mass is 10.1. The van der Waals surface area contributed by atoms with Crippen LogP contribution in [0.4, 0.5) is 0 Å². The van der Waals surface area contributed by atoms with Crippen LogP contribution in [0, 0.1) is 0 Å². The van der Waals surface area contributed by atoms with Gasteiger partial charge in [0.05, 0.1) is 15.0 Å². The Labute approximate surface area is 143 Å². The lowest BCUT2D eigenvalue weighted by molar-refractivity contribution is 0.0594. The zero-order valence-electron chi connectivity index (χ0n) is 12.7. The third-order valence-corrected chi connectivity index (χ3v) is 4.75. The van der Waals surface area contributed by atoms with Crippen LogP contribution in [0.5, 0.6) is 5.75 Å². The first-order valence-electron chi connectivity index (χ1n) is 7.34. The smallest absolute Gasteiger partial charge is 0.148 e. The van der Waals surface area contributed by atoms with Crippen molar-refractivity contribution in [3.63, 3.8) is 0 Å². The molecule has 0 aliphatic heterocycles. The molecule has 2 atom stereocenters. The second-order valence-electron chi connectivity index (χ2n) is 6.65. The summed E-state index contributed by atoms with van der Waals surface area (Å²) in [5.74, 6) is 0.778. The molecule has 3 nitrogen and oxygen atoms in total. The molecule has 1 fully saturated rings. The van der Waals surface area contributed by atoms with E-state index in [1.54, 1.807) is 0 Å². The van der Waals surface area contributed by atoms with Gasteiger partial charge in [0.2, 0.25) is 0 Å². The first-order chi connectivity index (χ1) is 9.76. The molecule has 0 heterocycles. The summed E-state index contributed by atoms with van der Waals surface area (Å²) in [4.78, 5) is 0. The molecule has 2 unspecified atom stereocenters. The Morgan fingerprint density at radius 2 is 1.86 bits per heavy atom. The van der Waals surface area contributed by atoms with Crippen molar-refractivity contribution in [3.05, 3.63) is 26.6 Å². The van der Waals surface area contributed by atoms with Crippen LogP contribution in [0.25, 0.3) is 0 Å². The van der Waals surface area contributed by atoms with E-state index in [0.717, 1.165) is 40.5 Å². The predicted molar refractivity (Wildman–Crippen MR) is 92.7 cm³/mol. The maximum atomic E-state index is 9.89. The van der Waals surface area contributed by atoms with E-state index in [-0.39, 0.29) is 17.7 Å². The minimum atomic E-state index is -0.356. The largest absolute Gasteiger partial charge is 0.485 e. The molecule has 21 heavy (non-hydrogen) atoms. The number of benzene rings is 1. The Morgan fingerprint density at radius 3 is 2.33 bits per heavy atom. The molecule has 118 valence electrons. The van der Waals surface area contributed by atoms with Gasteiger partial charge in [-0.15, -0.1) is 0 Å². The summed E-state index contributed by atoms with van der Waals surface area (Å²) < 4.78 is 7.82. The third kappa shape index (κ3) is 4.95. The minimum absolute atomic E-state index is 0.0854. The molecule has 1 aliphatic rings. The van der Waals surface area contributed by atoms with Gasteiger partial charge in [-0.05, 0) is 89.6 Å². The molecule has 2 rings (SSSR count). The molecule has 2 N–H and O–H groups in total. The molecule has 1 saturated carbocycles. The van der Waals surface area contributed by atoms with Crippen LogP contribution in [0.1, 0.15) is 45.6 Å².